The molecule has 0 spiro atoms. The van der Waals surface area contributed by atoms with Gasteiger partial charge in [0.1, 0.15) is 5.75 Å². The Morgan fingerprint density at radius 1 is 1.08 bits per heavy atom. The first-order valence-corrected chi connectivity index (χ1v) is 9.38. The van der Waals surface area contributed by atoms with Crippen LogP contribution < -0.4 is 10.1 Å². The second-order valence-electron chi connectivity index (χ2n) is 6.59. The molecule has 25 heavy (non-hydrogen) atoms. The number of nitrogens with one attached hydrogen (secondary N) is 1. The Balaban J connectivity index is 1.50. The summed E-state index contributed by atoms with van der Waals surface area (Å²) < 4.78 is 5.65. The SMILES string of the molecule is CCOc1ccccc1CCCNC(=O)c1ccc2c(c1)CCCC2. The van der Waals surface area contributed by atoms with Crippen molar-refractivity contribution in [2.45, 2.75) is 45.4 Å². The van der Waals surface area contributed by atoms with E-state index in [9.17, 15) is 4.79 Å². The third kappa shape index (κ3) is 4.62. The van der Waals surface area contributed by atoms with Gasteiger partial charge < -0.3 is 10.1 Å². The number of ether oxygens (including phenoxy) is 1. The molecule has 0 atom stereocenters. The molecule has 0 aliphatic heterocycles. The molecule has 3 heteroatoms. The number of rotatable bonds is 7. The molecular weight excluding hydrogens is 310 g/mol. The molecule has 1 N–H and O–H groups in total. The van der Waals surface area contributed by atoms with E-state index in [-0.39, 0.29) is 5.91 Å². The molecule has 0 unspecified atom stereocenters. The molecule has 1 aliphatic rings. The van der Waals surface area contributed by atoms with E-state index in [0.29, 0.717) is 13.2 Å². The predicted molar refractivity (Wildman–Crippen MR) is 101 cm³/mol. The van der Waals surface area contributed by atoms with Crippen LogP contribution in [-0.4, -0.2) is 19.1 Å². The van der Waals surface area contributed by atoms with E-state index in [0.717, 1.165) is 37.0 Å². The molecule has 3 rings (SSSR count). The lowest BCUT2D eigenvalue weighted by Crippen LogP contribution is -2.25. The number of carbonyl (C=O) groups excluding carboxylic acids is 1. The molecule has 2 aromatic carbocycles. The van der Waals surface area contributed by atoms with Crippen molar-refractivity contribution in [1.29, 1.82) is 0 Å². The molecule has 3 nitrogen and oxygen atoms in total. The van der Waals surface area contributed by atoms with Crippen LogP contribution in [0, 0.1) is 0 Å². The summed E-state index contributed by atoms with van der Waals surface area (Å²) in [5.74, 6) is 0.984. The Kier molecular flexibility index (Phi) is 6.10. The molecule has 1 amide bonds. The number of hydrogen-bond donors (Lipinski definition) is 1. The van der Waals surface area contributed by atoms with E-state index in [1.807, 2.05) is 31.2 Å². The minimum atomic E-state index is 0.0338. The van der Waals surface area contributed by atoms with E-state index in [1.165, 1.54) is 29.5 Å². The zero-order valence-corrected chi connectivity index (χ0v) is 15.0. The number of benzene rings is 2. The van der Waals surface area contributed by atoms with E-state index in [2.05, 4.69) is 23.5 Å². The first-order chi connectivity index (χ1) is 12.3. The Labute approximate surface area is 150 Å². The van der Waals surface area contributed by atoms with E-state index in [1.54, 1.807) is 0 Å². The Morgan fingerprint density at radius 2 is 1.88 bits per heavy atom. The summed E-state index contributed by atoms with van der Waals surface area (Å²) in [6.45, 7) is 3.35. The molecule has 0 aromatic heterocycles. The van der Waals surface area contributed by atoms with Gasteiger partial charge in [0.15, 0.2) is 0 Å². The smallest absolute Gasteiger partial charge is 0.251 e. The van der Waals surface area contributed by atoms with Gasteiger partial charge in [-0.1, -0.05) is 24.3 Å². The van der Waals surface area contributed by atoms with Crippen LogP contribution in [0.5, 0.6) is 5.75 Å². The first kappa shape index (κ1) is 17.5. The maximum Gasteiger partial charge on any atom is 0.251 e. The summed E-state index contributed by atoms with van der Waals surface area (Å²) in [4.78, 5) is 12.4. The fraction of sp³-hybridized carbons (Fsp3) is 0.409. The summed E-state index contributed by atoms with van der Waals surface area (Å²) in [5, 5.41) is 3.05. The zero-order chi connectivity index (χ0) is 17.5. The van der Waals surface area contributed by atoms with Crippen LogP contribution in [-0.2, 0) is 19.3 Å². The van der Waals surface area contributed by atoms with Crippen LogP contribution in [0.1, 0.15) is 53.2 Å². The van der Waals surface area contributed by atoms with Gasteiger partial charge in [-0.2, -0.15) is 0 Å². The maximum absolute atomic E-state index is 12.4. The van der Waals surface area contributed by atoms with Crippen molar-refractivity contribution < 1.29 is 9.53 Å². The van der Waals surface area contributed by atoms with Crippen LogP contribution >= 0.6 is 0 Å². The van der Waals surface area contributed by atoms with E-state index < -0.39 is 0 Å². The molecule has 0 saturated carbocycles. The summed E-state index contributed by atoms with van der Waals surface area (Å²) in [6, 6.07) is 14.3. The molecule has 2 aromatic rings. The number of hydrogen-bond acceptors (Lipinski definition) is 2. The Hall–Kier alpha value is -2.29. The van der Waals surface area contributed by atoms with Gasteiger partial charge in [-0.3, -0.25) is 4.79 Å². The number of fused-ring (bicyclic) bond motifs is 1. The number of aryl methyl sites for hydroxylation is 3. The number of amides is 1. The normalized spacial score (nSPS) is 13.2. The van der Waals surface area contributed by atoms with Crippen molar-refractivity contribution in [3.05, 3.63) is 64.7 Å². The van der Waals surface area contributed by atoms with Crippen molar-refractivity contribution in [3.8, 4) is 5.75 Å². The second-order valence-corrected chi connectivity index (χ2v) is 6.59. The lowest BCUT2D eigenvalue weighted by atomic mass is 9.90. The molecule has 1 aliphatic carbocycles. The zero-order valence-electron chi connectivity index (χ0n) is 15.0. The van der Waals surface area contributed by atoms with Crippen molar-refractivity contribution >= 4 is 5.91 Å². The number of para-hydroxylation sites is 1. The van der Waals surface area contributed by atoms with Crippen LogP contribution in [0.4, 0.5) is 0 Å². The highest BCUT2D eigenvalue weighted by atomic mass is 16.5. The van der Waals surface area contributed by atoms with Gasteiger partial charge in [0, 0.05) is 12.1 Å². The van der Waals surface area contributed by atoms with Gasteiger partial charge >= 0.3 is 0 Å². The van der Waals surface area contributed by atoms with Gasteiger partial charge in [-0.05, 0) is 80.3 Å². The average molecular weight is 337 g/mol. The van der Waals surface area contributed by atoms with Gasteiger partial charge in [-0.15, -0.1) is 0 Å². The van der Waals surface area contributed by atoms with Gasteiger partial charge in [-0.25, -0.2) is 0 Å². The maximum atomic E-state index is 12.4. The standard InChI is InChI=1S/C22H27NO2/c1-2-25-21-12-6-5-9-18(21)11-7-15-23-22(24)20-14-13-17-8-3-4-10-19(17)16-20/h5-6,9,12-14,16H,2-4,7-8,10-11,15H2,1H3,(H,23,24). The monoisotopic (exact) mass is 337 g/mol. The molecule has 132 valence electrons. The van der Waals surface area contributed by atoms with Crippen LogP contribution in [0.2, 0.25) is 0 Å². The molecular formula is C22H27NO2. The Bertz CT molecular complexity index is 724. The van der Waals surface area contributed by atoms with E-state index >= 15 is 0 Å². The van der Waals surface area contributed by atoms with Crippen molar-refractivity contribution in [3.63, 3.8) is 0 Å². The molecule has 0 heterocycles. The van der Waals surface area contributed by atoms with Gasteiger partial charge in [0.05, 0.1) is 6.61 Å². The molecule has 0 bridgehead atoms. The average Bonchev–Trinajstić information content (AvgIpc) is 2.66. The minimum absolute atomic E-state index is 0.0338. The van der Waals surface area contributed by atoms with Gasteiger partial charge in [0.2, 0.25) is 0 Å². The third-order valence-corrected chi connectivity index (χ3v) is 4.79. The fourth-order valence-corrected chi connectivity index (χ4v) is 3.46. The molecule has 0 fully saturated rings. The third-order valence-electron chi connectivity index (χ3n) is 4.79. The van der Waals surface area contributed by atoms with Crippen molar-refractivity contribution in [1.82, 2.24) is 5.32 Å². The van der Waals surface area contributed by atoms with Crippen LogP contribution in [0.25, 0.3) is 0 Å². The molecule has 0 radical (unpaired) electrons. The fourth-order valence-electron chi connectivity index (χ4n) is 3.46. The summed E-state index contributed by atoms with van der Waals surface area (Å²) in [7, 11) is 0. The molecule has 0 saturated heterocycles. The highest BCUT2D eigenvalue weighted by Crippen LogP contribution is 2.22. The summed E-state index contributed by atoms with van der Waals surface area (Å²) >= 11 is 0. The lowest BCUT2D eigenvalue weighted by Gasteiger charge is -2.16. The minimum Gasteiger partial charge on any atom is -0.494 e. The predicted octanol–water partition coefficient (Wildman–Crippen LogP) is 4.33. The topological polar surface area (TPSA) is 38.3 Å². The quantitative estimate of drug-likeness (QED) is 0.764. The number of carbonyl (C=O) groups is 1. The summed E-state index contributed by atoms with van der Waals surface area (Å²) in [6.07, 6.45) is 6.56. The second kappa shape index (κ2) is 8.70. The Morgan fingerprint density at radius 3 is 2.72 bits per heavy atom. The highest BCUT2D eigenvalue weighted by Gasteiger charge is 2.12. The van der Waals surface area contributed by atoms with Crippen LogP contribution in [0.3, 0.4) is 0 Å². The van der Waals surface area contributed by atoms with Crippen molar-refractivity contribution in [2.75, 3.05) is 13.2 Å². The lowest BCUT2D eigenvalue weighted by molar-refractivity contribution is 0.0953. The van der Waals surface area contributed by atoms with E-state index in [4.69, 9.17) is 4.74 Å². The summed E-state index contributed by atoms with van der Waals surface area (Å²) in [5.41, 5.74) is 4.75. The highest BCUT2D eigenvalue weighted by molar-refractivity contribution is 5.94. The van der Waals surface area contributed by atoms with Gasteiger partial charge in [0.25, 0.3) is 5.91 Å². The van der Waals surface area contributed by atoms with Crippen molar-refractivity contribution in [2.24, 2.45) is 0 Å². The largest absolute Gasteiger partial charge is 0.494 e. The van der Waals surface area contributed by atoms with Crippen LogP contribution in [0.15, 0.2) is 42.5 Å². The first-order valence-electron chi connectivity index (χ1n) is 9.38.